The Labute approximate surface area is 415 Å². The summed E-state index contributed by atoms with van der Waals surface area (Å²) in [6, 6.07) is 11.5. The smallest absolute Gasteiger partial charge is 0.394 e. The van der Waals surface area contributed by atoms with Gasteiger partial charge in [-0.25, -0.2) is 36.8 Å². The summed E-state index contributed by atoms with van der Waals surface area (Å²) in [5.41, 5.74) is 6.16. The second-order valence-corrected chi connectivity index (χ2v) is 21.7. The van der Waals surface area contributed by atoms with E-state index in [1.165, 1.54) is 20.8 Å². The molecular formula is C46H60F6N10O8S2. The minimum absolute atomic E-state index is 0.0238. The fraction of sp³-hybridized carbons (Fsp3) is 0.500. The SMILES string of the molecule is CC(=O)NCc1ccc(N2CCN(c3nccc(C(F)(F)F)n3)[C@H](C(C)C)C2)cc1S(C)(=O)=O.CC(=O)OC(C)=O.CC(C)[C@@H]1CN(c2ccc(CN)c(S(C)(=O)=O)c2)CCN1c1nccc(C(F)(F)F)n1. The van der Waals surface area contributed by atoms with Crippen molar-refractivity contribution >= 4 is 60.8 Å². The van der Waals surface area contributed by atoms with Gasteiger partial charge in [-0.2, -0.15) is 26.3 Å². The number of nitrogens with two attached hydrogens (primary N) is 1. The number of ether oxygens (including phenoxy) is 1. The summed E-state index contributed by atoms with van der Waals surface area (Å²) in [5, 5.41) is 2.62. The number of hydrogen-bond acceptors (Lipinski definition) is 17. The Morgan fingerprint density at radius 2 is 1.06 bits per heavy atom. The van der Waals surface area contributed by atoms with Crippen molar-refractivity contribution in [1.29, 1.82) is 0 Å². The number of aromatic nitrogens is 4. The van der Waals surface area contributed by atoms with Crippen LogP contribution >= 0.6 is 0 Å². The lowest BCUT2D eigenvalue weighted by Crippen LogP contribution is -2.56. The molecule has 3 N–H and O–H groups in total. The molecule has 26 heteroatoms. The second-order valence-electron chi connectivity index (χ2n) is 17.7. The van der Waals surface area contributed by atoms with Crippen molar-refractivity contribution < 1.29 is 62.3 Å². The van der Waals surface area contributed by atoms with Crippen LogP contribution in [0.1, 0.15) is 71.0 Å². The summed E-state index contributed by atoms with van der Waals surface area (Å²) in [7, 11) is -7.01. The van der Waals surface area contributed by atoms with Gasteiger partial charge in [0.1, 0.15) is 11.4 Å². The van der Waals surface area contributed by atoms with Gasteiger partial charge in [0.2, 0.25) is 17.8 Å². The zero-order valence-corrected chi connectivity index (χ0v) is 42.9. The summed E-state index contributed by atoms with van der Waals surface area (Å²) in [5.74, 6) is -1.16. The van der Waals surface area contributed by atoms with Gasteiger partial charge in [0.25, 0.3) is 0 Å². The topological polar surface area (TPSA) is 231 Å². The third kappa shape index (κ3) is 16.2. The number of nitrogens with zero attached hydrogens (tertiary/aromatic N) is 8. The van der Waals surface area contributed by atoms with Crippen molar-refractivity contribution in [3.8, 4) is 0 Å². The van der Waals surface area contributed by atoms with E-state index in [2.05, 4.69) is 30.0 Å². The maximum absolute atomic E-state index is 13.2. The molecule has 0 saturated carbocycles. The molecule has 2 aromatic carbocycles. The lowest BCUT2D eigenvalue weighted by atomic mass is 9.99. The highest BCUT2D eigenvalue weighted by molar-refractivity contribution is 7.91. The van der Waals surface area contributed by atoms with Gasteiger partial charge in [0.15, 0.2) is 19.7 Å². The number of nitrogens with one attached hydrogen (secondary N) is 1. The van der Waals surface area contributed by atoms with Gasteiger partial charge >= 0.3 is 24.3 Å². The normalized spacial score (nSPS) is 16.6. The number of halogens is 6. The van der Waals surface area contributed by atoms with E-state index in [-0.39, 0.29) is 64.6 Å². The average molecular weight is 1060 g/mol. The highest BCUT2D eigenvalue weighted by Crippen LogP contribution is 2.34. The van der Waals surface area contributed by atoms with E-state index in [0.29, 0.717) is 56.1 Å². The van der Waals surface area contributed by atoms with Crippen LogP contribution in [0.4, 0.5) is 49.6 Å². The lowest BCUT2D eigenvalue weighted by molar-refractivity contribution is -0.156. The number of hydrogen-bond donors (Lipinski definition) is 2. The first-order valence-corrected chi connectivity index (χ1v) is 26.2. The second kappa shape index (κ2) is 24.0. The Morgan fingerprint density at radius 1 is 0.667 bits per heavy atom. The summed E-state index contributed by atoms with van der Waals surface area (Å²) < 4.78 is 132. The van der Waals surface area contributed by atoms with E-state index >= 15 is 0 Å². The van der Waals surface area contributed by atoms with Gasteiger partial charge in [-0.3, -0.25) is 14.4 Å². The first-order chi connectivity index (χ1) is 33.3. The van der Waals surface area contributed by atoms with E-state index in [9.17, 15) is 57.6 Å². The van der Waals surface area contributed by atoms with Crippen LogP contribution in [0.3, 0.4) is 0 Å². The molecule has 18 nitrogen and oxygen atoms in total. The molecule has 0 bridgehead atoms. The molecule has 0 radical (unpaired) electrons. The Bertz CT molecular complexity index is 2770. The minimum Gasteiger partial charge on any atom is -0.394 e. The number of carbonyl (C=O) groups is 3. The Morgan fingerprint density at radius 3 is 1.38 bits per heavy atom. The molecule has 4 aromatic rings. The summed E-state index contributed by atoms with van der Waals surface area (Å²) >= 11 is 0. The van der Waals surface area contributed by atoms with E-state index in [0.717, 1.165) is 42.7 Å². The Kier molecular flexibility index (Phi) is 19.5. The van der Waals surface area contributed by atoms with Crippen molar-refractivity contribution in [1.82, 2.24) is 25.3 Å². The van der Waals surface area contributed by atoms with Crippen LogP contribution in [-0.2, 0) is 64.2 Å². The molecule has 2 aromatic heterocycles. The number of esters is 2. The van der Waals surface area contributed by atoms with Crippen LogP contribution in [-0.4, -0.2) is 118 Å². The Balaban J connectivity index is 0.000000277. The molecule has 396 valence electrons. The minimum atomic E-state index is -4.56. The van der Waals surface area contributed by atoms with Gasteiger partial charge in [0.05, 0.1) is 21.9 Å². The molecule has 4 heterocycles. The number of amides is 1. The van der Waals surface area contributed by atoms with Crippen molar-refractivity contribution in [2.75, 3.05) is 71.4 Å². The van der Waals surface area contributed by atoms with Crippen LogP contribution in [0.5, 0.6) is 0 Å². The monoisotopic (exact) mass is 1060 g/mol. The Hall–Kier alpha value is -6.15. The number of alkyl halides is 6. The molecule has 2 aliphatic heterocycles. The van der Waals surface area contributed by atoms with E-state index in [1.807, 2.05) is 43.6 Å². The quantitative estimate of drug-likeness (QED) is 0.104. The molecule has 2 saturated heterocycles. The van der Waals surface area contributed by atoms with Crippen molar-refractivity contribution in [2.45, 2.75) is 95.8 Å². The molecule has 2 atom stereocenters. The lowest BCUT2D eigenvalue weighted by Gasteiger charge is -2.44. The fourth-order valence-electron chi connectivity index (χ4n) is 7.92. The van der Waals surface area contributed by atoms with E-state index in [1.54, 1.807) is 40.1 Å². The number of rotatable bonds is 11. The number of anilines is 4. The van der Waals surface area contributed by atoms with Gasteiger partial charge in [0, 0.05) is 109 Å². The zero-order chi connectivity index (χ0) is 54.1. The van der Waals surface area contributed by atoms with Crippen LogP contribution in [0.25, 0.3) is 0 Å². The molecule has 2 aliphatic rings. The van der Waals surface area contributed by atoms with Gasteiger partial charge in [-0.15, -0.1) is 0 Å². The van der Waals surface area contributed by atoms with E-state index < -0.39 is 55.4 Å². The molecule has 0 spiro atoms. The van der Waals surface area contributed by atoms with Crippen molar-refractivity contribution in [3.63, 3.8) is 0 Å². The highest BCUT2D eigenvalue weighted by Gasteiger charge is 2.38. The van der Waals surface area contributed by atoms with Crippen molar-refractivity contribution in [2.24, 2.45) is 17.6 Å². The standard InChI is InChI=1S/C22H28F3N5O3S.C20H26F3N5O2S.C4H6O3/c1-14(2)18-13-29(9-10-30(18)21-26-8-7-20(28-21)22(23,24)25)17-6-5-16(12-27-15(3)31)19(11-17)34(4,32)33;1-13(2)16-12-27(15-5-4-14(11-24)17(10-15)31(3,29)30)8-9-28(16)19-25-7-6-18(26-19)20(21,22)23;1-3(5)7-4(2)6/h5-8,11,14,18H,9-10,12-13H2,1-4H3,(H,27,31);4-7,10,13,16H,8-9,11-12,24H2,1-3H3;1-2H3/t18-;16-;/m00./s1. The number of sulfone groups is 2. The van der Waals surface area contributed by atoms with Gasteiger partial charge in [-0.1, -0.05) is 39.8 Å². The molecule has 2 fully saturated rings. The molecule has 0 aliphatic carbocycles. The van der Waals surface area contributed by atoms with Gasteiger partial charge < -0.3 is 35.4 Å². The third-order valence-electron chi connectivity index (χ3n) is 11.4. The van der Waals surface area contributed by atoms with Crippen LogP contribution in [0.2, 0.25) is 0 Å². The van der Waals surface area contributed by atoms with Crippen molar-refractivity contribution in [3.05, 3.63) is 83.4 Å². The number of benzene rings is 2. The molecule has 72 heavy (non-hydrogen) atoms. The summed E-state index contributed by atoms with van der Waals surface area (Å²) in [6.07, 6.45) is -4.61. The zero-order valence-electron chi connectivity index (χ0n) is 41.2. The highest BCUT2D eigenvalue weighted by atomic mass is 32.2. The first-order valence-electron chi connectivity index (χ1n) is 22.4. The summed E-state index contributed by atoms with van der Waals surface area (Å²) in [6.45, 7) is 14.4. The van der Waals surface area contributed by atoms with Crippen LogP contribution in [0.15, 0.2) is 70.7 Å². The van der Waals surface area contributed by atoms with Crippen LogP contribution in [0, 0.1) is 11.8 Å². The first kappa shape index (κ1) is 58.4. The largest absolute Gasteiger partial charge is 0.433 e. The molecule has 0 unspecified atom stereocenters. The predicted molar refractivity (Wildman–Crippen MR) is 257 cm³/mol. The maximum Gasteiger partial charge on any atom is 0.433 e. The third-order valence-corrected chi connectivity index (χ3v) is 13.8. The predicted octanol–water partition coefficient (Wildman–Crippen LogP) is 5.69. The number of piperazine rings is 2. The molecular weight excluding hydrogens is 999 g/mol. The average Bonchev–Trinajstić information content (AvgIpc) is 3.29. The molecule has 6 rings (SSSR count). The van der Waals surface area contributed by atoms with E-state index in [4.69, 9.17) is 5.73 Å². The fourth-order valence-corrected chi connectivity index (χ4v) is 9.84. The maximum atomic E-state index is 13.2. The van der Waals surface area contributed by atoms with Crippen LogP contribution < -0.4 is 30.7 Å². The molecule has 1 amide bonds. The summed E-state index contributed by atoms with van der Waals surface area (Å²) in [4.78, 5) is 54.5. The number of carbonyl (C=O) groups excluding carboxylic acids is 3. The van der Waals surface area contributed by atoms with Gasteiger partial charge in [-0.05, 0) is 59.4 Å².